The third kappa shape index (κ3) is 4.15. The summed E-state index contributed by atoms with van der Waals surface area (Å²) in [5.74, 6) is -0.386. The Labute approximate surface area is 216 Å². The quantitative estimate of drug-likeness (QED) is 0.345. The maximum absolute atomic E-state index is 13.6. The van der Waals surface area contributed by atoms with E-state index < -0.39 is 15.9 Å². The zero-order valence-electron chi connectivity index (χ0n) is 19.6. The topological polar surface area (TPSA) is 97.2 Å². The highest BCUT2D eigenvalue weighted by molar-refractivity contribution is 7.92. The highest BCUT2D eigenvalue weighted by Gasteiger charge is 2.30. The molecule has 0 saturated heterocycles. The van der Waals surface area contributed by atoms with Gasteiger partial charge in [-0.3, -0.25) is 9.10 Å². The van der Waals surface area contributed by atoms with Crippen LogP contribution in [0.15, 0.2) is 77.7 Å². The maximum atomic E-state index is 13.6. The van der Waals surface area contributed by atoms with Gasteiger partial charge < -0.3 is 5.32 Å². The summed E-state index contributed by atoms with van der Waals surface area (Å²) in [5, 5.41) is 7.73. The summed E-state index contributed by atoms with van der Waals surface area (Å²) in [7, 11) is -3.75. The monoisotopic (exact) mass is 533 g/mol. The molecule has 5 aromatic rings. The van der Waals surface area contributed by atoms with Crippen molar-refractivity contribution < 1.29 is 17.6 Å². The van der Waals surface area contributed by atoms with Crippen LogP contribution in [0.2, 0.25) is 0 Å². The summed E-state index contributed by atoms with van der Waals surface area (Å²) in [6.45, 7) is 2.17. The van der Waals surface area contributed by atoms with Gasteiger partial charge in [-0.25, -0.2) is 17.8 Å². The molecular formula is C26H20FN5O3S2. The fraction of sp³-hybridized carbons (Fsp3) is 0.115. The Morgan fingerprint density at radius 3 is 2.65 bits per heavy atom. The second-order valence-electron chi connectivity index (χ2n) is 8.63. The van der Waals surface area contributed by atoms with Crippen molar-refractivity contribution in [3.63, 3.8) is 0 Å². The first-order valence-corrected chi connectivity index (χ1v) is 13.7. The first kappa shape index (κ1) is 23.3. The number of nitrogens with zero attached hydrogens (tertiary/aromatic N) is 4. The third-order valence-electron chi connectivity index (χ3n) is 6.14. The number of fused-ring (bicyclic) bond motifs is 2. The minimum absolute atomic E-state index is 0.114. The molecule has 3 heterocycles. The number of thiazole rings is 1. The van der Waals surface area contributed by atoms with E-state index in [4.69, 9.17) is 0 Å². The largest absolute Gasteiger partial charge is 0.306 e. The Balaban J connectivity index is 1.24. The van der Waals surface area contributed by atoms with Crippen molar-refractivity contribution in [3.8, 4) is 5.13 Å². The van der Waals surface area contributed by atoms with Gasteiger partial charge in [0.05, 0.1) is 26.5 Å². The molecule has 0 spiro atoms. The molecule has 3 aromatic carbocycles. The van der Waals surface area contributed by atoms with Gasteiger partial charge in [-0.1, -0.05) is 29.5 Å². The molecule has 0 bridgehead atoms. The number of amides is 1. The standard InChI is InChI=1S/C26H20FN5O3S2/c1-16-14-24(32(30-16)26-28-21-11-8-19(27)15-23(21)36-26)29-25(33)18-6-9-20(10-7-18)37(34,35)31-13-12-17-4-2-3-5-22(17)31/h2-11,14-15H,12-13H2,1H3,(H,29,33). The van der Waals surface area contributed by atoms with E-state index in [9.17, 15) is 17.6 Å². The van der Waals surface area contributed by atoms with Gasteiger partial charge in [0.25, 0.3) is 15.9 Å². The normalized spacial score (nSPS) is 13.2. The molecule has 0 radical (unpaired) electrons. The van der Waals surface area contributed by atoms with Crippen LogP contribution in [0.25, 0.3) is 15.3 Å². The van der Waals surface area contributed by atoms with E-state index in [2.05, 4.69) is 15.4 Å². The van der Waals surface area contributed by atoms with Gasteiger partial charge in [0, 0.05) is 18.2 Å². The molecule has 0 aliphatic carbocycles. The van der Waals surface area contributed by atoms with Crippen LogP contribution in [0.1, 0.15) is 21.6 Å². The average molecular weight is 534 g/mol. The number of halogens is 1. The summed E-state index contributed by atoms with van der Waals surface area (Å²) < 4.78 is 43.7. The number of nitrogens with one attached hydrogen (secondary N) is 1. The van der Waals surface area contributed by atoms with Crippen LogP contribution in [0.4, 0.5) is 15.9 Å². The lowest BCUT2D eigenvalue weighted by Gasteiger charge is -2.19. The van der Waals surface area contributed by atoms with Gasteiger partial charge in [0.15, 0.2) is 0 Å². The van der Waals surface area contributed by atoms with Gasteiger partial charge in [-0.15, -0.1) is 0 Å². The maximum Gasteiger partial charge on any atom is 0.264 e. The lowest BCUT2D eigenvalue weighted by molar-refractivity contribution is 0.102. The number of benzene rings is 3. The number of anilines is 2. The molecule has 2 aromatic heterocycles. The summed E-state index contributed by atoms with van der Waals surface area (Å²) in [5.41, 5.74) is 3.26. The van der Waals surface area contributed by atoms with Crippen molar-refractivity contribution in [1.82, 2.24) is 14.8 Å². The van der Waals surface area contributed by atoms with Gasteiger partial charge in [-0.05, 0) is 67.4 Å². The van der Waals surface area contributed by atoms with Crippen molar-refractivity contribution in [2.75, 3.05) is 16.2 Å². The fourth-order valence-corrected chi connectivity index (χ4v) is 6.82. The first-order valence-electron chi connectivity index (χ1n) is 11.4. The summed E-state index contributed by atoms with van der Waals surface area (Å²) in [6.07, 6.45) is 0.659. The minimum Gasteiger partial charge on any atom is -0.306 e. The van der Waals surface area contributed by atoms with Crippen molar-refractivity contribution in [1.29, 1.82) is 0 Å². The van der Waals surface area contributed by atoms with Crippen LogP contribution in [-0.4, -0.2) is 35.6 Å². The number of rotatable bonds is 5. The van der Waals surface area contributed by atoms with Crippen molar-refractivity contribution >= 4 is 49.0 Å². The van der Waals surface area contributed by atoms with Crippen LogP contribution in [-0.2, 0) is 16.4 Å². The van der Waals surface area contributed by atoms with Crippen molar-refractivity contribution in [3.05, 3.63) is 95.4 Å². The number of carbonyl (C=O) groups is 1. The Bertz CT molecular complexity index is 1780. The summed E-state index contributed by atoms with van der Waals surface area (Å²) >= 11 is 1.25. The second-order valence-corrected chi connectivity index (χ2v) is 11.5. The smallest absolute Gasteiger partial charge is 0.264 e. The molecule has 1 aliphatic heterocycles. The van der Waals surface area contributed by atoms with E-state index >= 15 is 0 Å². The number of hydrogen-bond acceptors (Lipinski definition) is 6. The van der Waals surface area contributed by atoms with E-state index in [-0.39, 0.29) is 16.3 Å². The number of aromatic nitrogens is 3. The van der Waals surface area contributed by atoms with Gasteiger partial charge >= 0.3 is 0 Å². The van der Waals surface area contributed by atoms with E-state index in [1.165, 1.54) is 56.7 Å². The third-order valence-corrected chi connectivity index (χ3v) is 8.96. The SMILES string of the molecule is Cc1cc(NC(=O)c2ccc(S(=O)(=O)N3CCc4ccccc43)cc2)n(-c2nc3ccc(F)cc3s2)n1. The lowest BCUT2D eigenvalue weighted by atomic mass is 10.2. The zero-order valence-corrected chi connectivity index (χ0v) is 21.2. The van der Waals surface area contributed by atoms with E-state index in [0.29, 0.717) is 45.5 Å². The summed E-state index contributed by atoms with van der Waals surface area (Å²) in [6, 6.07) is 19.3. The number of sulfonamides is 1. The Hall–Kier alpha value is -4.09. The van der Waals surface area contributed by atoms with E-state index in [1.807, 2.05) is 18.2 Å². The highest BCUT2D eigenvalue weighted by atomic mass is 32.2. The lowest BCUT2D eigenvalue weighted by Crippen LogP contribution is -2.29. The van der Waals surface area contributed by atoms with E-state index in [1.54, 1.807) is 25.1 Å². The van der Waals surface area contributed by atoms with Crippen LogP contribution < -0.4 is 9.62 Å². The highest BCUT2D eigenvalue weighted by Crippen LogP contribution is 2.33. The van der Waals surface area contributed by atoms with Crippen molar-refractivity contribution in [2.45, 2.75) is 18.2 Å². The van der Waals surface area contributed by atoms with Crippen LogP contribution in [0.3, 0.4) is 0 Å². The van der Waals surface area contributed by atoms with Gasteiger partial charge in [0.2, 0.25) is 5.13 Å². The molecule has 6 rings (SSSR count). The number of hydrogen-bond donors (Lipinski definition) is 1. The van der Waals surface area contributed by atoms with Gasteiger partial charge in [0.1, 0.15) is 11.6 Å². The Morgan fingerprint density at radius 2 is 1.84 bits per heavy atom. The molecule has 11 heteroatoms. The first-order chi connectivity index (χ1) is 17.8. The predicted octanol–water partition coefficient (Wildman–Crippen LogP) is 4.93. The Kier molecular flexibility index (Phi) is 5.54. The Morgan fingerprint density at radius 1 is 1.05 bits per heavy atom. The number of para-hydroxylation sites is 1. The molecule has 1 aliphatic rings. The fourth-order valence-electron chi connectivity index (χ4n) is 4.36. The molecule has 0 atom stereocenters. The minimum atomic E-state index is -3.75. The molecule has 0 fully saturated rings. The summed E-state index contributed by atoms with van der Waals surface area (Å²) in [4.78, 5) is 17.6. The molecule has 1 amide bonds. The number of aryl methyl sites for hydroxylation is 1. The molecule has 0 unspecified atom stereocenters. The van der Waals surface area contributed by atoms with E-state index in [0.717, 1.165) is 5.56 Å². The molecular weight excluding hydrogens is 513 g/mol. The molecule has 8 nitrogen and oxygen atoms in total. The van der Waals surface area contributed by atoms with Crippen LogP contribution in [0, 0.1) is 12.7 Å². The number of carbonyl (C=O) groups excluding carboxylic acids is 1. The zero-order chi connectivity index (χ0) is 25.7. The second kappa shape index (κ2) is 8.79. The molecule has 0 saturated carbocycles. The molecule has 186 valence electrons. The molecule has 37 heavy (non-hydrogen) atoms. The van der Waals surface area contributed by atoms with Crippen molar-refractivity contribution in [2.24, 2.45) is 0 Å². The van der Waals surface area contributed by atoms with Gasteiger partial charge in [-0.2, -0.15) is 9.78 Å². The van der Waals surface area contributed by atoms with Crippen LogP contribution >= 0.6 is 11.3 Å². The predicted molar refractivity (Wildman–Crippen MR) is 141 cm³/mol. The molecule has 1 N–H and O–H groups in total. The van der Waals surface area contributed by atoms with Crippen LogP contribution in [0.5, 0.6) is 0 Å². The average Bonchev–Trinajstić information content (AvgIpc) is 3.60.